The van der Waals surface area contributed by atoms with Crippen LogP contribution in [0.3, 0.4) is 0 Å². The molecule has 2 aromatic heterocycles. The van der Waals surface area contributed by atoms with E-state index in [1.165, 1.54) is 55.5 Å². The second-order valence-corrected chi connectivity index (χ2v) is 13.3. The van der Waals surface area contributed by atoms with Crippen LogP contribution in [0.25, 0.3) is 0 Å². The van der Waals surface area contributed by atoms with E-state index in [2.05, 4.69) is 27.7 Å². The maximum absolute atomic E-state index is 4.87. The standard InChI is InChI=1S/C18H24N2S4/c1-17(2)7-5-11-13(9-17)21-15(19-11)23-24-16-20-12-6-8-18(3,4)10-14(12)22-16/h5-10H2,1-4H3. The fourth-order valence-corrected chi connectivity index (χ4v) is 8.87. The Morgan fingerprint density at radius 2 is 1.17 bits per heavy atom. The highest BCUT2D eigenvalue weighted by atomic mass is 33.1. The van der Waals surface area contributed by atoms with Gasteiger partial charge in [0, 0.05) is 9.75 Å². The molecule has 0 unspecified atom stereocenters. The second kappa shape index (κ2) is 6.29. The Morgan fingerprint density at radius 1 is 0.750 bits per heavy atom. The summed E-state index contributed by atoms with van der Waals surface area (Å²) >= 11 is 3.80. The van der Waals surface area contributed by atoms with Gasteiger partial charge >= 0.3 is 0 Å². The van der Waals surface area contributed by atoms with Crippen LogP contribution in [0.15, 0.2) is 8.68 Å². The summed E-state index contributed by atoms with van der Waals surface area (Å²) in [7, 11) is 3.60. The van der Waals surface area contributed by atoms with Gasteiger partial charge in [-0.2, -0.15) is 0 Å². The predicted molar refractivity (Wildman–Crippen MR) is 108 cm³/mol. The molecule has 2 nitrogen and oxygen atoms in total. The van der Waals surface area contributed by atoms with Gasteiger partial charge in [-0.05, 0) is 70.9 Å². The van der Waals surface area contributed by atoms with Gasteiger partial charge in [-0.25, -0.2) is 9.97 Å². The van der Waals surface area contributed by atoms with Crippen molar-refractivity contribution in [3.05, 3.63) is 21.1 Å². The van der Waals surface area contributed by atoms with E-state index in [-0.39, 0.29) is 0 Å². The average molecular weight is 397 g/mol. The van der Waals surface area contributed by atoms with Crippen LogP contribution in [-0.2, 0) is 25.7 Å². The Morgan fingerprint density at radius 3 is 1.58 bits per heavy atom. The van der Waals surface area contributed by atoms with Crippen LogP contribution >= 0.6 is 44.3 Å². The first-order chi connectivity index (χ1) is 11.3. The molecular formula is C18H24N2S4. The summed E-state index contributed by atoms with van der Waals surface area (Å²) in [5, 5.41) is 0. The second-order valence-electron chi connectivity index (χ2n) is 8.55. The van der Waals surface area contributed by atoms with Gasteiger partial charge in [-0.15, -0.1) is 22.7 Å². The smallest absolute Gasteiger partial charge is 0.161 e. The van der Waals surface area contributed by atoms with E-state index in [0.29, 0.717) is 10.8 Å². The summed E-state index contributed by atoms with van der Waals surface area (Å²) in [5.41, 5.74) is 3.58. The van der Waals surface area contributed by atoms with Crippen molar-refractivity contribution in [1.29, 1.82) is 0 Å². The van der Waals surface area contributed by atoms with Gasteiger partial charge in [0.1, 0.15) is 0 Å². The van der Waals surface area contributed by atoms with E-state index in [0.717, 1.165) is 12.8 Å². The molecule has 0 atom stereocenters. The molecule has 4 rings (SSSR count). The third-order valence-electron chi connectivity index (χ3n) is 5.06. The number of fused-ring (bicyclic) bond motifs is 2. The highest BCUT2D eigenvalue weighted by Crippen LogP contribution is 2.47. The maximum Gasteiger partial charge on any atom is 0.161 e. The van der Waals surface area contributed by atoms with Gasteiger partial charge in [0.2, 0.25) is 0 Å². The Balaban J connectivity index is 1.43. The third-order valence-corrected chi connectivity index (χ3v) is 10.2. The molecule has 0 N–H and O–H groups in total. The molecule has 0 aliphatic heterocycles. The molecule has 0 aromatic carbocycles. The van der Waals surface area contributed by atoms with Crippen LogP contribution in [0.2, 0.25) is 0 Å². The molecule has 24 heavy (non-hydrogen) atoms. The largest absolute Gasteiger partial charge is 0.234 e. The molecule has 2 aliphatic rings. The quantitative estimate of drug-likeness (QED) is 0.558. The first kappa shape index (κ1) is 17.4. The van der Waals surface area contributed by atoms with E-state index in [1.54, 1.807) is 21.6 Å². The summed E-state index contributed by atoms with van der Waals surface area (Å²) in [6.07, 6.45) is 7.18. The van der Waals surface area contributed by atoms with Gasteiger partial charge in [0.05, 0.1) is 11.4 Å². The summed E-state index contributed by atoms with van der Waals surface area (Å²) in [6.45, 7) is 9.50. The Labute approximate surface area is 160 Å². The van der Waals surface area contributed by atoms with E-state index >= 15 is 0 Å². The lowest BCUT2D eigenvalue weighted by Crippen LogP contribution is -2.20. The number of aryl methyl sites for hydroxylation is 2. The first-order valence-corrected chi connectivity index (χ1v) is 12.4. The van der Waals surface area contributed by atoms with Crippen molar-refractivity contribution in [1.82, 2.24) is 9.97 Å². The number of thiazole rings is 2. The Hall–Kier alpha value is -0.0400. The van der Waals surface area contributed by atoms with Crippen molar-refractivity contribution in [2.45, 2.75) is 74.9 Å². The zero-order valence-corrected chi connectivity index (χ0v) is 18.0. The average Bonchev–Trinajstić information content (AvgIpc) is 3.05. The molecule has 0 saturated carbocycles. The topological polar surface area (TPSA) is 25.8 Å². The van der Waals surface area contributed by atoms with Crippen LogP contribution in [0.1, 0.15) is 61.7 Å². The SMILES string of the molecule is CC1(C)CCc2nc(SSc3nc4c(s3)CC(C)(C)CC4)sc2C1. The summed E-state index contributed by atoms with van der Waals surface area (Å²) in [5.74, 6) is 0. The minimum atomic E-state index is 0.440. The van der Waals surface area contributed by atoms with E-state index < -0.39 is 0 Å². The van der Waals surface area contributed by atoms with Crippen molar-refractivity contribution in [2.75, 3.05) is 0 Å². The minimum Gasteiger partial charge on any atom is -0.234 e. The number of hydrogen-bond acceptors (Lipinski definition) is 6. The van der Waals surface area contributed by atoms with E-state index in [4.69, 9.17) is 9.97 Å². The summed E-state index contributed by atoms with van der Waals surface area (Å²) < 4.78 is 2.41. The summed E-state index contributed by atoms with van der Waals surface area (Å²) in [4.78, 5) is 12.8. The Bertz CT molecular complexity index is 693. The van der Waals surface area contributed by atoms with Crippen molar-refractivity contribution in [2.24, 2.45) is 10.8 Å². The zero-order chi connectivity index (χ0) is 16.9. The number of hydrogen-bond donors (Lipinski definition) is 0. The number of rotatable bonds is 3. The van der Waals surface area contributed by atoms with Crippen LogP contribution in [0.5, 0.6) is 0 Å². The third kappa shape index (κ3) is 3.71. The molecule has 0 bridgehead atoms. The molecule has 0 spiro atoms. The lowest BCUT2D eigenvalue weighted by atomic mass is 9.79. The van der Waals surface area contributed by atoms with Crippen LogP contribution in [0.4, 0.5) is 0 Å². The van der Waals surface area contributed by atoms with Crippen molar-refractivity contribution in [3.63, 3.8) is 0 Å². The highest BCUT2D eigenvalue weighted by Gasteiger charge is 2.29. The van der Waals surface area contributed by atoms with E-state index in [1.807, 2.05) is 22.7 Å². The highest BCUT2D eigenvalue weighted by molar-refractivity contribution is 8.77. The molecule has 2 aromatic rings. The molecule has 0 fully saturated rings. The lowest BCUT2D eigenvalue weighted by Gasteiger charge is -2.28. The molecule has 0 saturated heterocycles. The van der Waals surface area contributed by atoms with Crippen LogP contribution in [0, 0.1) is 10.8 Å². The lowest BCUT2D eigenvalue weighted by molar-refractivity contribution is 0.316. The predicted octanol–water partition coefficient (Wildman–Crippen LogP) is 6.43. The molecule has 0 amide bonds. The molecule has 6 heteroatoms. The molecule has 2 heterocycles. The number of aromatic nitrogens is 2. The Kier molecular flexibility index (Phi) is 4.55. The van der Waals surface area contributed by atoms with Crippen LogP contribution in [-0.4, -0.2) is 9.97 Å². The molecular weight excluding hydrogens is 372 g/mol. The fraction of sp³-hybridized carbons (Fsp3) is 0.667. The minimum absolute atomic E-state index is 0.440. The van der Waals surface area contributed by atoms with Gasteiger partial charge in [-0.1, -0.05) is 27.7 Å². The summed E-state index contributed by atoms with van der Waals surface area (Å²) in [6, 6.07) is 0. The zero-order valence-electron chi connectivity index (χ0n) is 14.8. The maximum atomic E-state index is 4.87. The normalized spacial score (nSPS) is 21.3. The van der Waals surface area contributed by atoms with E-state index in [9.17, 15) is 0 Å². The number of nitrogens with zero attached hydrogens (tertiary/aromatic N) is 2. The van der Waals surface area contributed by atoms with Gasteiger partial charge in [-0.3, -0.25) is 0 Å². The van der Waals surface area contributed by atoms with Crippen LogP contribution < -0.4 is 0 Å². The van der Waals surface area contributed by atoms with Gasteiger partial charge < -0.3 is 0 Å². The first-order valence-electron chi connectivity index (χ1n) is 8.61. The molecule has 0 radical (unpaired) electrons. The molecule has 2 aliphatic carbocycles. The van der Waals surface area contributed by atoms with Crippen molar-refractivity contribution < 1.29 is 0 Å². The van der Waals surface area contributed by atoms with Crippen molar-refractivity contribution in [3.8, 4) is 0 Å². The van der Waals surface area contributed by atoms with Gasteiger partial charge in [0.25, 0.3) is 0 Å². The monoisotopic (exact) mass is 396 g/mol. The molecule has 130 valence electrons. The van der Waals surface area contributed by atoms with Crippen molar-refractivity contribution >= 4 is 44.3 Å². The van der Waals surface area contributed by atoms with Gasteiger partial charge in [0.15, 0.2) is 8.68 Å². The fourth-order valence-electron chi connectivity index (χ4n) is 3.49.